The number of nitrogens with one attached hydrogen (secondary N) is 1. The van der Waals surface area contributed by atoms with Gasteiger partial charge in [-0.3, -0.25) is 9.79 Å². The van der Waals surface area contributed by atoms with Crippen LogP contribution in [0.15, 0.2) is 21.5 Å². The zero-order valence-electron chi connectivity index (χ0n) is 14.7. The Labute approximate surface area is 166 Å². The van der Waals surface area contributed by atoms with Gasteiger partial charge < -0.3 is 25.3 Å². The van der Waals surface area contributed by atoms with Crippen molar-refractivity contribution in [3.8, 4) is 0 Å². The molecule has 8 heteroatoms. The number of rotatable bonds is 5. The summed E-state index contributed by atoms with van der Waals surface area (Å²) < 4.78 is 5.40. The number of hydrogen-bond acceptors (Lipinski definition) is 4. The van der Waals surface area contributed by atoms with E-state index < -0.39 is 5.91 Å². The normalized spacial score (nSPS) is 21.4. The van der Waals surface area contributed by atoms with Crippen LogP contribution in [0.2, 0.25) is 0 Å². The van der Waals surface area contributed by atoms with Crippen molar-refractivity contribution in [3.05, 3.63) is 23.7 Å². The molecular weight excluding hydrogens is 433 g/mol. The third kappa shape index (κ3) is 5.34. The van der Waals surface area contributed by atoms with Gasteiger partial charge in [0.05, 0.1) is 6.54 Å². The molecule has 1 unspecified atom stereocenters. The Hall–Kier alpha value is -1.29. The lowest BCUT2D eigenvalue weighted by atomic mass is 10.1. The fraction of sp³-hybridized carbons (Fsp3) is 0.647. The molecule has 1 amide bonds. The molecule has 0 saturated carbocycles. The predicted octanol–water partition coefficient (Wildman–Crippen LogP) is 1.49. The smallest absolute Gasteiger partial charge is 0.284 e. The number of aliphatic imine (C=N–C) groups is 1. The van der Waals surface area contributed by atoms with Gasteiger partial charge in [0.25, 0.3) is 5.91 Å². The van der Waals surface area contributed by atoms with Crippen LogP contribution in [0.3, 0.4) is 0 Å². The number of guanidine groups is 1. The number of hydrogen-bond donors (Lipinski definition) is 2. The lowest BCUT2D eigenvalue weighted by molar-refractivity contribution is 0.0972. The molecule has 0 aromatic carbocycles. The van der Waals surface area contributed by atoms with Gasteiger partial charge in [0.15, 0.2) is 11.7 Å². The van der Waals surface area contributed by atoms with Gasteiger partial charge >= 0.3 is 0 Å². The highest BCUT2D eigenvalue weighted by molar-refractivity contribution is 14.0. The van der Waals surface area contributed by atoms with Crippen molar-refractivity contribution in [2.24, 2.45) is 16.6 Å². The second kappa shape index (κ2) is 9.42. The zero-order valence-corrected chi connectivity index (χ0v) is 17.1. The number of nitrogens with two attached hydrogens (primary N) is 1. The molecule has 2 aliphatic heterocycles. The number of carbonyl (C=O) groups is 1. The van der Waals surface area contributed by atoms with Crippen molar-refractivity contribution in [2.45, 2.75) is 25.8 Å². The number of amides is 1. The van der Waals surface area contributed by atoms with Crippen molar-refractivity contribution in [1.29, 1.82) is 0 Å². The molecule has 3 heterocycles. The predicted molar refractivity (Wildman–Crippen MR) is 108 cm³/mol. The van der Waals surface area contributed by atoms with Gasteiger partial charge in [-0.25, -0.2) is 0 Å². The lowest BCUT2D eigenvalue weighted by Gasteiger charge is -2.23. The van der Waals surface area contributed by atoms with E-state index in [0.717, 1.165) is 19.0 Å². The van der Waals surface area contributed by atoms with Gasteiger partial charge in [-0.05, 0) is 50.4 Å². The quantitative estimate of drug-likeness (QED) is 0.394. The number of likely N-dealkylation sites (tertiary alicyclic amines) is 2. The molecular formula is C17H28IN5O2. The van der Waals surface area contributed by atoms with E-state index >= 15 is 0 Å². The van der Waals surface area contributed by atoms with E-state index in [1.54, 1.807) is 19.2 Å². The standard InChI is InChI=1S/C17H27N5O2.HI/c1-19-17(20-10-14-4-5-15(24-14)16(18)23)22-9-6-13(12-22)11-21-7-2-3-8-21;/h4-5,13H,2-3,6-12H2,1H3,(H2,18,23)(H,19,20);1H. The molecule has 7 nitrogen and oxygen atoms in total. The van der Waals surface area contributed by atoms with E-state index in [1.165, 1.54) is 38.9 Å². The number of halogens is 1. The molecule has 0 spiro atoms. The fourth-order valence-electron chi connectivity index (χ4n) is 3.61. The topological polar surface area (TPSA) is 87.1 Å². The molecule has 2 aliphatic rings. The molecule has 0 radical (unpaired) electrons. The van der Waals surface area contributed by atoms with E-state index in [-0.39, 0.29) is 29.7 Å². The summed E-state index contributed by atoms with van der Waals surface area (Å²) in [5.74, 6) is 1.92. The number of nitrogens with zero attached hydrogens (tertiary/aromatic N) is 3. The highest BCUT2D eigenvalue weighted by Gasteiger charge is 2.27. The molecule has 3 N–H and O–H groups in total. The lowest BCUT2D eigenvalue weighted by Crippen LogP contribution is -2.40. The van der Waals surface area contributed by atoms with Gasteiger partial charge in [-0.15, -0.1) is 24.0 Å². The van der Waals surface area contributed by atoms with Gasteiger partial charge in [0.2, 0.25) is 0 Å². The van der Waals surface area contributed by atoms with Crippen LogP contribution in [-0.2, 0) is 6.54 Å². The van der Waals surface area contributed by atoms with Gasteiger partial charge in [0.1, 0.15) is 5.76 Å². The van der Waals surface area contributed by atoms with E-state index in [4.69, 9.17) is 10.2 Å². The molecule has 1 aromatic rings. The zero-order chi connectivity index (χ0) is 16.9. The average molecular weight is 461 g/mol. The number of primary amides is 1. The van der Waals surface area contributed by atoms with Crippen LogP contribution in [0.4, 0.5) is 0 Å². The third-order valence-corrected chi connectivity index (χ3v) is 4.84. The number of furan rings is 1. The maximum absolute atomic E-state index is 11.1. The van der Waals surface area contributed by atoms with E-state index in [1.807, 2.05) is 0 Å². The molecule has 2 saturated heterocycles. The molecule has 1 aromatic heterocycles. The van der Waals surface area contributed by atoms with Gasteiger partial charge in [-0.1, -0.05) is 0 Å². The van der Waals surface area contributed by atoms with Crippen LogP contribution in [0, 0.1) is 5.92 Å². The van der Waals surface area contributed by atoms with Crippen LogP contribution in [0.1, 0.15) is 35.6 Å². The van der Waals surface area contributed by atoms with Crippen LogP contribution < -0.4 is 11.1 Å². The first-order valence-corrected chi connectivity index (χ1v) is 8.72. The molecule has 1 atom stereocenters. The Morgan fingerprint density at radius 1 is 1.36 bits per heavy atom. The van der Waals surface area contributed by atoms with Crippen LogP contribution >= 0.6 is 24.0 Å². The molecule has 2 fully saturated rings. The summed E-state index contributed by atoms with van der Waals surface area (Å²) in [6.45, 7) is 6.28. The second-order valence-corrected chi connectivity index (χ2v) is 6.64. The van der Waals surface area contributed by atoms with Crippen molar-refractivity contribution >= 4 is 35.8 Å². The highest BCUT2D eigenvalue weighted by Crippen LogP contribution is 2.20. The first-order chi connectivity index (χ1) is 11.7. The summed E-state index contributed by atoms with van der Waals surface area (Å²) in [4.78, 5) is 20.3. The number of carbonyl (C=O) groups excluding carboxylic acids is 1. The summed E-state index contributed by atoms with van der Waals surface area (Å²) in [7, 11) is 1.80. The van der Waals surface area contributed by atoms with Crippen molar-refractivity contribution in [1.82, 2.24) is 15.1 Å². The Bertz CT molecular complexity index is 598. The Morgan fingerprint density at radius 3 is 2.76 bits per heavy atom. The minimum atomic E-state index is -0.546. The van der Waals surface area contributed by atoms with Crippen molar-refractivity contribution < 1.29 is 9.21 Å². The maximum Gasteiger partial charge on any atom is 0.284 e. The summed E-state index contributed by atoms with van der Waals surface area (Å²) >= 11 is 0. The first kappa shape index (κ1) is 20.0. The maximum atomic E-state index is 11.1. The average Bonchev–Trinajstić information content (AvgIpc) is 3.30. The molecule has 0 bridgehead atoms. The summed E-state index contributed by atoms with van der Waals surface area (Å²) in [5, 5.41) is 3.31. The third-order valence-electron chi connectivity index (χ3n) is 4.84. The van der Waals surface area contributed by atoms with E-state index in [9.17, 15) is 4.79 Å². The largest absolute Gasteiger partial charge is 0.454 e. The second-order valence-electron chi connectivity index (χ2n) is 6.64. The fourth-order valence-corrected chi connectivity index (χ4v) is 3.61. The Kier molecular flexibility index (Phi) is 7.55. The Morgan fingerprint density at radius 2 is 2.12 bits per heavy atom. The summed E-state index contributed by atoms with van der Waals surface area (Å²) in [6, 6.07) is 3.37. The first-order valence-electron chi connectivity index (χ1n) is 8.72. The molecule has 140 valence electrons. The Balaban J connectivity index is 0.00000225. The molecule has 3 rings (SSSR count). The molecule has 25 heavy (non-hydrogen) atoms. The van der Waals surface area contributed by atoms with Crippen LogP contribution in [-0.4, -0.2) is 61.4 Å². The highest BCUT2D eigenvalue weighted by atomic mass is 127. The summed E-state index contributed by atoms with van der Waals surface area (Å²) in [6.07, 6.45) is 3.90. The van der Waals surface area contributed by atoms with Crippen LogP contribution in [0.25, 0.3) is 0 Å². The van der Waals surface area contributed by atoms with Crippen molar-refractivity contribution in [3.63, 3.8) is 0 Å². The van der Waals surface area contributed by atoms with Crippen molar-refractivity contribution in [2.75, 3.05) is 39.8 Å². The van der Waals surface area contributed by atoms with E-state index in [0.29, 0.717) is 18.2 Å². The monoisotopic (exact) mass is 461 g/mol. The SMILES string of the molecule is CN=C(NCc1ccc(C(N)=O)o1)N1CCC(CN2CCCC2)C1.I. The minimum absolute atomic E-state index is 0. The van der Waals surface area contributed by atoms with E-state index in [2.05, 4.69) is 20.1 Å². The molecule has 0 aliphatic carbocycles. The van der Waals surface area contributed by atoms with Crippen LogP contribution in [0.5, 0.6) is 0 Å². The summed E-state index contributed by atoms with van der Waals surface area (Å²) in [5.41, 5.74) is 5.20. The van der Waals surface area contributed by atoms with Gasteiger partial charge in [0, 0.05) is 26.7 Å². The minimum Gasteiger partial charge on any atom is -0.454 e. The van der Waals surface area contributed by atoms with Gasteiger partial charge in [-0.2, -0.15) is 0 Å².